The lowest BCUT2D eigenvalue weighted by atomic mass is 9.97. The van der Waals surface area contributed by atoms with Crippen molar-refractivity contribution >= 4 is 56.9 Å². The van der Waals surface area contributed by atoms with Gasteiger partial charge in [0, 0.05) is 54.5 Å². The van der Waals surface area contributed by atoms with Crippen molar-refractivity contribution in [3.05, 3.63) is 136 Å². The number of benzene rings is 3. The van der Waals surface area contributed by atoms with E-state index in [2.05, 4.69) is 25.4 Å². The minimum absolute atomic E-state index is 0.0163. The number of hydrogen-bond acceptors (Lipinski definition) is 13. The van der Waals surface area contributed by atoms with Gasteiger partial charge in [0.25, 0.3) is 0 Å². The van der Waals surface area contributed by atoms with Crippen LogP contribution in [0.1, 0.15) is 83.2 Å². The van der Waals surface area contributed by atoms with Crippen LogP contribution in [0.15, 0.2) is 95.2 Å². The fraction of sp³-hybridized carbons (Fsp3) is 0.320. The number of carbonyl (C=O) groups excluding carboxylic acids is 3. The number of carbonyl (C=O) groups is 3. The van der Waals surface area contributed by atoms with Crippen LogP contribution in [-0.2, 0) is 20.9 Å². The van der Waals surface area contributed by atoms with Gasteiger partial charge in [0.1, 0.15) is 40.9 Å². The first-order chi connectivity index (χ1) is 34.1. The number of thiazole rings is 1. The summed E-state index contributed by atoms with van der Waals surface area (Å²) in [6, 6.07) is 18.6. The number of aliphatic hydroxyl groups is 1. The number of β-amino-alcohol motifs (C(OH)–C–C–N with tert-alkyl or cyclic N) is 1. The number of fused-ring (bicyclic) bond motifs is 1. The predicted octanol–water partition coefficient (Wildman–Crippen LogP) is 7.81. The average molecular weight is 1010 g/mol. The number of nitrogens with one attached hydrogen (secondary N) is 2. The summed E-state index contributed by atoms with van der Waals surface area (Å²) >= 11 is -1.55. The normalized spacial score (nSPS) is 18.4. The van der Waals surface area contributed by atoms with Gasteiger partial charge in [0.15, 0.2) is 5.82 Å². The number of aromatic amines is 1. The first-order valence-electron chi connectivity index (χ1n) is 22.9. The van der Waals surface area contributed by atoms with Crippen LogP contribution in [0.5, 0.6) is 5.75 Å². The highest BCUT2D eigenvalue weighted by molar-refractivity contribution is 7.80. The lowest BCUT2D eigenvalue weighted by molar-refractivity contribution is -0.140. The molecule has 71 heavy (non-hydrogen) atoms. The van der Waals surface area contributed by atoms with E-state index in [1.54, 1.807) is 66.4 Å². The van der Waals surface area contributed by atoms with Crippen molar-refractivity contribution in [3.8, 4) is 27.3 Å². The summed E-state index contributed by atoms with van der Waals surface area (Å²) in [6.07, 6.45) is 1.36. The summed E-state index contributed by atoms with van der Waals surface area (Å²) < 4.78 is 81.8. The molecule has 0 saturated carbocycles. The van der Waals surface area contributed by atoms with Crippen molar-refractivity contribution in [2.75, 3.05) is 30.7 Å². The molecule has 370 valence electrons. The number of rotatable bonds is 17. The van der Waals surface area contributed by atoms with E-state index in [0.717, 1.165) is 38.8 Å². The van der Waals surface area contributed by atoms with Crippen molar-refractivity contribution in [1.82, 2.24) is 35.3 Å². The molecule has 2 amide bonds. The van der Waals surface area contributed by atoms with E-state index < -0.39 is 64.2 Å². The number of alkyl halides is 1. The minimum Gasteiger partial charge on any atom is -0.754 e. The highest BCUT2D eigenvalue weighted by Gasteiger charge is 2.43. The number of aryl methyl sites for hydroxylation is 2. The maximum Gasteiger partial charge on any atom is 0.243 e. The summed E-state index contributed by atoms with van der Waals surface area (Å²) in [6.45, 7) is 5.39. The molecule has 3 aromatic carbocycles. The van der Waals surface area contributed by atoms with E-state index in [4.69, 9.17) is 9.26 Å². The fourth-order valence-corrected chi connectivity index (χ4v) is 10.6. The Morgan fingerprint density at radius 3 is 2.48 bits per heavy atom. The molecule has 9 rings (SSSR count). The third-order valence-electron chi connectivity index (χ3n) is 12.8. The molecule has 6 heterocycles. The third kappa shape index (κ3) is 10.4. The largest absolute Gasteiger partial charge is 0.754 e. The topological polar surface area (TPSA) is 210 Å². The van der Waals surface area contributed by atoms with Gasteiger partial charge in [0.2, 0.25) is 17.6 Å². The number of H-pyrrole nitrogens is 1. The molecule has 7 aromatic rings. The Hall–Kier alpha value is -6.78. The number of ether oxygens (including phenoxy) is 1. The van der Waals surface area contributed by atoms with Crippen molar-refractivity contribution in [3.63, 3.8) is 0 Å². The molecule has 16 nitrogen and oxygen atoms in total. The number of ketones is 1. The predicted molar refractivity (Wildman–Crippen MR) is 257 cm³/mol. The number of nitrogens with zero attached hydrogens (tertiary/aromatic N) is 6. The Morgan fingerprint density at radius 2 is 1.80 bits per heavy atom. The standard InChI is InChI=1S/C50H49F3N8O8S2/c1-27-19-43(69-58-27)37(50(65)60-25-35(62)21-42(60)49(64)57-28(2)30-6-8-32(9-7-30)47-29(3)56-26-70-47)5-4-18-68-36-12-10-31(11-13-36)33-20-38-39(23-55-48(38)54-22-33)46(63)44-40(52)14-15-41(45(44)53)61(71(66)67)59-17-16-34(51)24-59/h6-15,19-20,22-23,26,28,34-35,37,42,62H,4-5,16-18,21,24-25H2,1-3H3,(H,54,55)(H,57,64)(H,66,67)/p-1/t28-,34+,35?,37-,42?/m0/s1. The van der Waals surface area contributed by atoms with Gasteiger partial charge in [0.05, 0.1) is 69.8 Å². The molecule has 0 spiro atoms. The van der Waals surface area contributed by atoms with Crippen LogP contribution in [0.4, 0.5) is 18.9 Å². The molecule has 0 aliphatic carbocycles. The Balaban J connectivity index is 0.842. The first kappa shape index (κ1) is 49.2. The molecular formula is C50H48F3N8O8S2-. The van der Waals surface area contributed by atoms with E-state index in [1.165, 1.54) is 11.1 Å². The summed E-state index contributed by atoms with van der Waals surface area (Å²) in [5.41, 5.74) is 5.00. The first-order valence-corrected chi connectivity index (χ1v) is 24.8. The molecule has 0 radical (unpaired) electrons. The molecule has 2 fully saturated rings. The van der Waals surface area contributed by atoms with Crippen molar-refractivity contribution < 1.29 is 50.7 Å². The van der Waals surface area contributed by atoms with Crippen molar-refractivity contribution in [2.45, 2.75) is 76.7 Å². The zero-order valence-corrected chi connectivity index (χ0v) is 40.3. The van der Waals surface area contributed by atoms with Crippen molar-refractivity contribution in [2.24, 2.45) is 0 Å². The molecule has 3 unspecified atom stereocenters. The second-order valence-corrected chi connectivity index (χ2v) is 19.3. The highest BCUT2D eigenvalue weighted by atomic mass is 32.2. The van der Waals surface area contributed by atoms with Gasteiger partial charge in [-0.3, -0.25) is 18.6 Å². The molecule has 0 bridgehead atoms. The number of hydrogen-bond donors (Lipinski definition) is 3. The van der Waals surface area contributed by atoms with E-state index in [0.29, 0.717) is 39.2 Å². The number of pyridine rings is 1. The number of halogens is 3. The van der Waals surface area contributed by atoms with Gasteiger partial charge in [-0.1, -0.05) is 41.6 Å². The van der Waals surface area contributed by atoms with Gasteiger partial charge in [-0.25, -0.2) is 32.6 Å². The zero-order valence-electron chi connectivity index (χ0n) is 38.6. The van der Waals surface area contributed by atoms with Crippen LogP contribution < -0.4 is 14.5 Å². The van der Waals surface area contributed by atoms with Crippen LogP contribution in [0.3, 0.4) is 0 Å². The van der Waals surface area contributed by atoms with E-state index >= 15 is 8.78 Å². The number of anilines is 1. The van der Waals surface area contributed by atoms with E-state index in [1.807, 2.05) is 38.1 Å². The maximum atomic E-state index is 16.0. The number of hydrazine groups is 1. The van der Waals surface area contributed by atoms with Crippen LogP contribution in [0.2, 0.25) is 0 Å². The summed E-state index contributed by atoms with van der Waals surface area (Å²) in [5.74, 6) is -4.42. The Labute approximate surface area is 412 Å². The van der Waals surface area contributed by atoms with Crippen LogP contribution in [0.25, 0.3) is 32.6 Å². The van der Waals surface area contributed by atoms with Gasteiger partial charge in [-0.05, 0) is 87.1 Å². The Bertz CT molecular complexity index is 3110. The SMILES string of the molecule is Cc1cc([C@H](CCCOc2ccc(-c3cnc4[nH]cc(C(=O)c5c(F)ccc(N(N6CC[C@@H](F)C6)S(=O)[O-])c5F)c4c3)cc2)C(=O)N2CC(O)CC2C(=O)N[C@@H](C)c2ccc(-c3scnc3C)cc2)on1. The second-order valence-electron chi connectivity index (χ2n) is 17.6. The summed E-state index contributed by atoms with van der Waals surface area (Å²) in [7, 11) is 0. The molecule has 2 saturated heterocycles. The average Bonchev–Trinajstić information content (AvgIpc) is 4.22. The van der Waals surface area contributed by atoms with E-state index in [9.17, 15) is 32.6 Å². The molecule has 21 heteroatoms. The minimum atomic E-state index is -3.10. The van der Waals surface area contributed by atoms with Crippen LogP contribution >= 0.6 is 11.3 Å². The summed E-state index contributed by atoms with van der Waals surface area (Å²) in [5, 5.41) is 19.1. The Kier molecular flexibility index (Phi) is 14.5. The highest BCUT2D eigenvalue weighted by Crippen LogP contribution is 2.35. The lowest BCUT2D eigenvalue weighted by Crippen LogP contribution is -2.48. The maximum absolute atomic E-state index is 16.0. The van der Waals surface area contributed by atoms with Gasteiger partial charge < -0.3 is 34.1 Å². The number of likely N-dealkylation sites (tertiary alicyclic amines) is 1. The molecule has 3 N–H and O–H groups in total. The van der Waals surface area contributed by atoms with Crippen LogP contribution in [0, 0.1) is 25.5 Å². The number of aromatic nitrogens is 4. The molecule has 4 aromatic heterocycles. The lowest BCUT2D eigenvalue weighted by Gasteiger charge is -2.34. The van der Waals surface area contributed by atoms with Gasteiger partial charge >= 0.3 is 0 Å². The summed E-state index contributed by atoms with van der Waals surface area (Å²) in [4.78, 5) is 56.1. The fourth-order valence-electron chi connectivity index (χ4n) is 9.13. The molecule has 6 atom stereocenters. The third-order valence-corrected chi connectivity index (χ3v) is 14.5. The van der Waals surface area contributed by atoms with Gasteiger partial charge in [-0.2, -0.15) is 0 Å². The number of amides is 2. The number of aliphatic hydroxyl groups excluding tert-OH is 1. The monoisotopic (exact) mass is 1010 g/mol. The smallest absolute Gasteiger partial charge is 0.243 e. The second kappa shape index (κ2) is 20.9. The van der Waals surface area contributed by atoms with Crippen molar-refractivity contribution in [1.29, 1.82) is 0 Å². The quantitative estimate of drug-likeness (QED) is 0.0453. The van der Waals surface area contributed by atoms with Crippen LogP contribution in [-0.4, -0.2) is 106 Å². The molecular weight excluding hydrogens is 962 g/mol. The molecule has 2 aliphatic heterocycles. The van der Waals surface area contributed by atoms with E-state index in [-0.39, 0.29) is 80.0 Å². The molecule has 2 aliphatic rings. The zero-order chi connectivity index (χ0) is 50.1. The van der Waals surface area contributed by atoms with Gasteiger partial charge in [-0.15, -0.1) is 11.3 Å². The Morgan fingerprint density at radius 1 is 1.04 bits per heavy atom.